The number of benzene rings is 6. The van der Waals surface area contributed by atoms with Crippen molar-refractivity contribution in [1.29, 1.82) is 5.26 Å². The minimum absolute atomic E-state index is 0.0163. The van der Waals surface area contributed by atoms with E-state index in [4.69, 9.17) is 0 Å². The van der Waals surface area contributed by atoms with Crippen LogP contribution in [0, 0.1) is 18.3 Å². The number of fused-ring (bicyclic) bond motifs is 7. The largest absolute Gasteiger partial charge is 0.375 e. The van der Waals surface area contributed by atoms with Crippen LogP contribution in [0.5, 0.6) is 0 Å². The lowest BCUT2D eigenvalue weighted by Gasteiger charge is -2.41. The number of anilines is 3. The molecule has 6 aromatic carbocycles. The average Bonchev–Trinajstić information content (AvgIpc) is 3.44. The molecule has 2 aliphatic heterocycles. The van der Waals surface area contributed by atoms with Crippen molar-refractivity contribution in [2.45, 2.75) is 16.7 Å². The predicted molar refractivity (Wildman–Crippen MR) is 198 cm³/mol. The summed E-state index contributed by atoms with van der Waals surface area (Å²) in [7, 11) is 0. The van der Waals surface area contributed by atoms with Crippen LogP contribution in [0.3, 0.4) is 0 Å². The highest BCUT2D eigenvalue weighted by Crippen LogP contribution is 2.49. The summed E-state index contributed by atoms with van der Waals surface area (Å²) in [5, 5.41) is 12.2. The molecule has 1 aromatic heterocycles. The van der Waals surface area contributed by atoms with Crippen molar-refractivity contribution in [1.82, 2.24) is 4.48 Å². The molecular formula is C40H28BN3S2. The Morgan fingerprint density at radius 1 is 0.696 bits per heavy atom. The van der Waals surface area contributed by atoms with Crippen LogP contribution < -0.4 is 15.8 Å². The van der Waals surface area contributed by atoms with Crippen LogP contribution in [-0.4, -0.2) is 23.8 Å². The number of aromatic nitrogens is 1. The Kier molecular flexibility index (Phi) is 6.18. The van der Waals surface area contributed by atoms with Crippen LogP contribution in [0.15, 0.2) is 125 Å². The van der Waals surface area contributed by atoms with E-state index >= 15 is 0 Å². The molecule has 0 spiro atoms. The molecule has 0 amide bonds. The second-order valence-electron chi connectivity index (χ2n) is 12.0. The zero-order chi connectivity index (χ0) is 31.1. The molecule has 0 saturated carbocycles. The number of hydrogen-bond acceptors (Lipinski definition) is 4. The highest BCUT2D eigenvalue weighted by Gasteiger charge is 2.43. The summed E-state index contributed by atoms with van der Waals surface area (Å²) in [5.74, 6) is 0. The van der Waals surface area contributed by atoms with Crippen molar-refractivity contribution < 1.29 is 0 Å². The predicted octanol–water partition coefficient (Wildman–Crippen LogP) is 9.50. The zero-order valence-corrected chi connectivity index (χ0v) is 27.3. The second-order valence-corrected chi connectivity index (χ2v) is 13.8. The van der Waals surface area contributed by atoms with Crippen molar-refractivity contribution in [2.24, 2.45) is 0 Å². The summed E-state index contributed by atoms with van der Waals surface area (Å²) in [5.41, 5.74) is 15.6. The Morgan fingerprint density at radius 2 is 1.43 bits per heavy atom. The quantitative estimate of drug-likeness (QED) is 0.144. The van der Waals surface area contributed by atoms with E-state index in [9.17, 15) is 5.26 Å². The maximum atomic E-state index is 9.54. The maximum Gasteiger partial charge on any atom is 0.333 e. The van der Waals surface area contributed by atoms with Crippen LogP contribution in [0.4, 0.5) is 17.1 Å². The molecule has 3 heterocycles. The zero-order valence-electron chi connectivity index (χ0n) is 25.7. The molecule has 3 nitrogen and oxygen atoms in total. The highest BCUT2D eigenvalue weighted by molar-refractivity contribution is 7.98. The lowest BCUT2D eigenvalue weighted by Crippen LogP contribution is -2.56. The van der Waals surface area contributed by atoms with Crippen molar-refractivity contribution in [3.63, 3.8) is 0 Å². The Balaban J connectivity index is 1.49. The summed E-state index contributed by atoms with van der Waals surface area (Å²) in [6.07, 6.45) is 4.33. The molecule has 0 N–H and O–H groups in total. The summed E-state index contributed by atoms with van der Waals surface area (Å²) in [6.45, 7) is 2.30. The molecule has 218 valence electrons. The van der Waals surface area contributed by atoms with E-state index in [1.54, 1.807) is 23.5 Å². The minimum Gasteiger partial charge on any atom is -0.375 e. The SMILES string of the molecule is CSc1ccc2c(c1)c1cc(SC)cc3c1n2B1c2ccccc2N(c2ccccc2)c2cc(-c4ccc(C#N)cc4)c(C)c-3c21. The van der Waals surface area contributed by atoms with Gasteiger partial charge in [0.05, 0.1) is 11.6 Å². The fraction of sp³-hybridized carbons (Fsp3) is 0.0750. The molecule has 46 heavy (non-hydrogen) atoms. The van der Waals surface area contributed by atoms with Crippen molar-refractivity contribution in [3.05, 3.63) is 126 Å². The molecule has 0 fully saturated rings. The Bertz CT molecular complexity index is 2420. The van der Waals surface area contributed by atoms with Crippen LogP contribution in [-0.2, 0) is 0 Å². The van der Waals surface area contributed by atoms with Gasteiger partial charge in [-0.15, -0.1) is 23.5 Å². The summed E-state index contributed by atoms with van der Waals surface area (Å²) in [4.78, 5) is 5.00. The first-order valence-corrected chi connectivity index (χ1v) is 17.9. The summed E-state index contributed by atoms with van der Waals surface area (Å²) < 4.78 is 2.63. The summed E-state index contributed by atoms with van der Waals surface area (Å²) in [6, 6.07) is 44.2. The van der Waals surface area contributed by atoms with Gasteiger partial charge in [-0.3, -0.25) is 0 Å². The molecule has 0 saturated heterocycles. The van der Waals surface area contributed by atoms with Gasteiger partial charge in [0.2, 0.25) is 0 Å². The molecule has 0 unspecified atom stereocenters. The fourth-order valence-electron chi connectivity index (χ4n) is 7.79. The molecule has 7 aromatic rings. The van der Waals surface area contributed by atoms with Gasteiger partial charge < -0.3 is 9.38 Å². The second kappa shape index (κ2) is 10.4. The van der Waals surface area contributed by atoms with E-state index < -0.39 is 0 Å². The van der Waals surface area contributed by atoms with Gasteiger partial charge in [-0.05, 0) is 119 Å². The molecule has 2 aliphatic rings. The van der Waals surface area contributed by atoms with Gasteiger partial charge >= 0.3 is 6.85 Å². The van der Waals surface area contributed by atoms with E-state index in [0.717, 1.165) is 11.3 Å². The number of para-hydroxylation sites is 2. The van der Waals surface area contributed by atoms with Gasteiger partial charge in [0.1, 0.15) is 0 Å². The molecule has 9 rings (SSSR count). The third kappa shape index (κ3) is 3.76. The number of rotatable bonds is 4. The number of nitriles is 1. The van der Waals surface area contributed by atoms with Crippen molar-refractivity contribution in [3.8, 4) is 28.3 Å². The molecule has 0 aliphatic carbocycles. The van der Waals surface area contributed by atoms with Gasteiger partial charge in [-0.1, -0.05) is 48.5 Å². The van der Waals surface area contributed by atoms with Gasteiger partial charge in [-0.2, -0.15) is 5.26 Å². The monoisotopic (exact) mass is 625 g/mol. The molecular weight excluding hydrogens is 597 g/mol. The fourth-order valence-corrected chi connectivity index (χ4v) is 8.70. The van der Waals surface area contributed by atoms with E-state index in [2.05, 4.69) is 138 Å². The topological polar surface area (TPSA) is 32.0 Å². The molecule has 0 radical (unpaired) electrons. The standard InChI is InChI=1S/C40H28BN3S2/c1-24-30(26-15-13-25(23-42)14-16-26)22-37-39-38(24)33-21-29(46-3)20-32-31-19-28(45-2)17-18-35(31)44(40(32)33)41(39)34-11-7-8-12-36(34)43(37)27-9-5-4-6-10-27/h4-22H,1-3H3. The first-order chi connectivity index (χ1) is 22.6. The average molecular weight is 626 g/mol. The molecule has 0 atom stereocenters. The van der Waals surface area contributed by atoms with Gasteiger partial charge in [-0.25, -0.2) is 0 Å². The van der Waals surface area contributed by atoms with Crippen LogP contribution in [0.1, 0.15) is 11.1 Å². The first kappa shape index (κ1) is 27.5. The lowest BCUT2D eigenvalue weighted by atomic mass is 9.44. The van der Waals surface area contributed by atoms with E-state index in [1.807, 2.05) is 12.1 Å². The van der Waals surface area contributed by atoms with Crippen LogP contribution in [0.2, 0.25) is 0 Å². The van der Waals surface area contributed by atoms with Gasteiger partial charge in [0, 0.05) is 54.2 Å². The Hall–Kier alpha value is -4.83. The van der Waals surface area contributed by atoms with Crippen LogP contribution in [0.25, 0.3) is 44.1 Å². The minimum atomic E-state index is 0.0163. The number of hydrogen-bond donors (Lipinski definition) is 0. The Morgan fingerprint density at radius 3 is 2.20 bits per heavy atom. The third-order valence-electron chi connectivity index (χ3n) is 9.77. The normalized spacial score (nSPS) is 12.7. The highest BCUT2D eigenvalue weighted by atomic mass is 32.2. The number of nitrogens with zero attached hydrogens (tertiary/aromatic N) is 3. The summed E-state index contributed by atoms with van der Waals surface area (Å²) >= 11 is 3.60. The third-order valence-corrected chi connectivity index (χ3v) is 11.2. The van der Waals surface area contributed by atoms with E-state index in [0.29, 0.717) is 5.56 Å². The number of thioether (sulfide) groups is 2. The maximum absolute atomic E-state index is 9.54. The van der Waals surface area contributed by atoms with Gasteiger partial charge in [0.15, 0.2) is 0 Å². The molecule has 0 bridgehead atoms. The molecule has 6 heteroatoms. The smallest absolute Gasteiger partial charge is 0.333 e. The first-order valence-electron chi connectivity index (χ1n) is 15.4. The van der Waals surface area contributed by atoms with E-state index in [-0.39, 0.29) is 6.85 Å². The Labute approximate surface area is 277 Å². The van der Waals surface area contributed by atoms with Crippen molar-refractivity contribution in [2.75, 3.05) is 17.4 Å². The van der Waals surface area contributed by atoms with Gasteiger partial charge in [0.25, 0.3) is 0 Å². The lowest BCUT2D eigenvalue weighted by molar-refractivity contribution is 1.24. The van der Waals surface area contributed by atoms with Crippen molar-refractivity contribution >= 4 is 80.2 Å². The van der Waals surface area contributed by atoms with E-state index in [1.165, 1.54) is 76.2 Å². The van der Waals surface area contributed by atoms with Crippen LogP contribution >= 0.6 is 23.5 Å².